The molecule has 3 rings (SSSR count). The van der Waals surface area contributed by atoms with E-state index in [0.717, 1.165) is 42.3 Å². The summed E-state index contributed by atoms with van der Waals surface area (Å²) in [5.74, 6) is 1.73. The Bertz CT molecular complexity index is 581. The molecule has 0 saturated carbocycles. The molecule has 0 bridgehead atoms. The lowest BCUT2D eigenvalue weighted by atomic mass is 10.2. The van der Waals surface area contributed by atoms with Crippen LogP contribution in [0.4, 0.5) is 11.8 Å². The molecule has 0 amide bonds. The van der Waals surface area contributed by atoms with Crippen molar-refractivity contribution in [3.63, 3.8) is 0 Å². The molecule has 5 heteroatoms. The zero-order chi connectivity index (χ0) is 13.8. The fraction of sp³-hybridized carbons (Fsp3) is 0.467. The predicted molar refractivity (Wildman–Crippen MR) is 81.4 cm³/mol. The molecule has 0 radical (unpaired) electrons. The van der Waals surface area contributed by atoms with Crippen LogP contribution in [-0.2, 0) is 4.74 Å². The summed E-state index contributed by atoms with van der Waals surface area (Å²) < 4.78 is 5.09. The van der Waals surface area contributed by atoms with Gasteiger partial charge in [0.2, 0.25) is 5.95 Å². The predicted octanol–water partition coefficient (Wildman–Crippen LogP) is 2.29. The summed E-state index contributed by atoms with van der Waals surface area (Å²) in [4.78, 5) is 11.7. The molecule has 20 heavy (non-hydrogen) atoms. The lowest BCUT2D eigenvalue weighted by molar-refractivity contribution is 0.210. The largest absolute Gasteiger partial charge is 0.383 e. The highest BCUT2D eigenvalue weighted by Gasteiger charge is 2.17. The van der Waals surface area contributed by atoms with Crippen molar-refractivity contribution in [3.8, 4) is 0 Å². The lowest BCUT2D eigenvalue weighted by Gasteiger charge is -2.17. The third-order valence-corrected chi connectivity index (χ3v) is 3.58. The summed E-state index contributed by atoms with van der Waals surface area (Å²) in [6, 6.07) is 8.13. The number of nitrogens with zero attached hydrogens (tertiary/aromatic N) is 3. The summed E-state index contributed by atoms with van der Waals surface area (Å²) in [6.07, 6.45) is 2.45. The minimum atomic E-state index is 0.664. The number of rotatable bonds is 5. The van der Waals surface area contributed by atoms with Crippen molar-refractivity contribution in [3.05, 3.63) is 24.3 Å². The number of hydrogen-bond acceptors (Lipinski definition) is 5. The van der Waals surface area contributed by atoms with Gasteiger partial charge in [-0.3, -0.25) is 0 Å². The maximum absolute atomic E-state index is 5.09. The molecule has 1 N–H and O–H groups in total. The number of fused-ring (bicyclic) bond motifs is 1. The molecular weight excluding hydrogens is 252 g/mol. The summed E-state index contributed by atoms with van der Waals surface area (Å²) in [6.45, 7) is 3.51. The third kappa shape index (κ3) is 2.67. The van der Waals surface area contributed by atoms with E-state index in [0.29, 0.717) is 6.61 Å². The van der Waals surface area contributed by atoms with Gasteiger partial charge in [-0.1, -0.05) is 12.1 Å². The van der Waals surface area contributed by atoms with E-state index in [1.165, 1.54) is 12.8 Å². The van der Waals surface area contributed by atoms with Crippen molar-refractivity contribution in [1.82, 2.24) is 9.97 Å². The van der Waals surface area contributed by atoms with Gasteiger partial charge in [0.05, 0.1) is 12.1 Å². The monoisotopic (exact) mass is 272 g/mol. The summed E-state index contributed by atoms with van der Waals surface area (Å²) >= 11 is 0. The maximum atomic E-state index is 5.09. The first-order chi connectivity index (χ1) is 9.88. The molecule has 1 aromatic carbocycles. The highest BCUT2D eigenvalue weighted by molar-refractivity contribution is 5.90. The zero-order valence-electron chi connectivity index (χ0n) is 11.8. The fourth-order valence-corrected chi connectivity index (χ4v) is 2.53. The minimum Gasteiger partial charge on any atom is -0.383 e. The number of benzene rings is 1. The molecule has 0 unspecified atom stereocenters. The van der Waals surface area contributed by atoms with Gasteiger partial charge < -0.3 is 15.0 Å². The van der Waals surface area contributed by atoms with Crippen LogP contribution in [-0.4, -0.2) is 43.3 Å². The first kappa shape index (κ1) is 13.1. The molecule has 0 atom stereocenters. The fourth-order valence-electron chi connectivity index (χ4n) is 2.53. The van der Waals surface area contributed by atoms with Gasteiger partial charge >= 0.3 is 0 Å². The molecule has 0 aliphatic carbocycles. The van der Waals surface area contributed by atoms with Gasteiger partial charge in [0.25, 0.3) is 0 Å². The van der Waals surface area contributed by atoms with Crippen LogP contribution in [0.3, 0.4) is 0 Å². The van der Waals surface area contributed by atoms with E-state index in [1.807, 2.05) is 18.2 Å². The molecule has 1 aliphatic heterocycles. The standard InChI is InChI=1S/C15H20N4O/c1-20-11-8-16-14-12-6-2-3-7-13(12)17-15(18-14)19-9-4-5-10-19/h2-3,6-7H,4-5,8-11H2,1H3,(H,16,17,18). The first-order valence-corrected chi connectivity index (χ1v) is 7.13. The second kappa shape index (κ2) is 6.05. The number of anilines is 2. The second-order valence-corrected chi connectivity index (χ2v) is 5.00. The molecule has 106 valence electrons. The van der Waals surface area contributed by atoms with Crippen molar-refractivity contribution >= 4 is 22.7 Å². The lowest BCUT2D eigenvalue weighted by Crippen LogP contribution is -2.21. The quantitative estimate of drug-likeness (QED) is 0.846. The molecule has 1 saturated heterocycles. The van der Waals surface area contributed by atoms with Gasteiger partial charge in [0, 0.05) is 32.1 Å². The molecule has 5 nitrogen and oxygen atoms in total. The van der Waals surface area contributed by atoms with E-state index in [9.17, 15) is 0 Å². The third-order valence-electron chi connectivity index (χ3n) is 3.58. The number of nitrogens with one attached hydrogen (secondary N) is 1. The maximum Gasteiger partial charge on any atom is 0.227 e. The molecule has 1 aliphatic rings. The Morgan fingerprint density at radius 3 is 2.80 bits per heavy atom. The van der Waals surface area contributed by atoms with Crippen molar-refractivity contribution in [2.24, 2.45) is 0 Å². The van der Waals surface area contributed by atoms with Gasteiger partial charge in [-0.25, -0.2) is 4.98 Å². The summed E-state index contributed by atoms with van der Waals surface area (Å²) in [5, 5.41) is 4.41. The van der Waals surface area contributed by atoms with Gasteiger partial charge in [-0.05, 0) is 25.0 Å². The van der Waals surface area contributed by atoms with Crippen LogP contribution in [0.5, 0.6) is 0 Å². The van der Waals surface area contributed by atoms with E-state index in [4.69, 9.17) is 9.72 Å². The first-order valence-electron chi connectivity index (χ1n) is 7.13. The van der Waals surface area contributed by atoms with E-state index in [1.54, 1.807) is 7.11 Å². The molecule has 1 fully saturated rings. The topological polar surface area (TPSA) is 50.3 Å². The van der Waals surface area contributed by atoms with Crippen LogP contribution in [0.25, 0.3) is 10.9 Å². The zero-order valence-corrected chi connectivity index (χ0v) is 11.8. The van der Waals surface area contributed by atoms with Crippen molar-refractivity contribution in [1.29, 1.82) is 0 Å². The van der Waals surface area contributed by atoms with Gasteiger partial charge in [0.1, 0.15) is 5.82 Å². The van der Waals surface area contributed by atoms with Crippen molar-refractivity contribution in [2.45, 2.75) is 12.8 Å². The van der Waals surface area contributed by atoms with Crippen LogP contribution < -0.4 is 10.2 Å². The van der Waals surface area contributed by atoms with Gasteiger partial charge in [0.15, 0.2) is 0 Å². The summed E-state index contributed by atoms with van der Waals surface area (Å²) in [5.41, 5.74) is 0.990. The number of aromatic nitrogens is 2. The smallest absolute Gasteiger partial charge is 0.227 e. The van der Waals surface area contributed by atoms with Gasteiger partial charge in [-0.15, -0.1) is 0 Å². The number of para-hydroxylation sites is 1. The Morgan fingerprint density at radius 1 is 1.20 bits per heavy atom. The highest BCUT2D eigenvalue weighted by atomic mass is 16.5. The number of ether oxygens (including phenoxy) is 1. The Morgan fingerprint density at radius 2 is 2.00 bits per heavy atom. The van der Waals surface area contributed by atoms with E-state index in [-0.39, 0.29) is 0 Å². The molecule has 0 spiro atoms. The Kier molecular flexibility index (Phi) is 3.97. The number of hydrogen-bond donors (Lipinski definition) is 1. The average molecular weight is 272 g/mol. The van der Waals surface area contributed by atoms with Crippen LogP contribution in [0.15, 0.2) is 24.3 Å². The van der Waals surface area contributed by atoms with E-state index >= 15 is 0 Å². The van der Waals surface area contributed by atoms with Crippen LogP contribution >= 0.6 is 0 Å². The van der Waals surface area contributed by atoms with Crippen LogP contribution in [0, 0.1) is 0 Å². The van der Waals surface area contributed by atoms with Crippen LogP contribution in [0.1, 0.15) is 12.8 Å². The molecular formula is C15H20N4O. The Labute approximate surface area is 119 Å². The number of methoxy groups -OCH3 is 1. The van der Waals surface area contributed by atoms with E-state index < -0.39 is 0 Å². The van der Waals surface area contributed by atoms with Gasteiger partial charge in [-0.2, -0.15) is 4.98 Å². The second-order valence-electron chi connectivity index (χ2n) is 5.00. The van der Waals surface area contributed by atoms with E-state index in [2.05, 4.69) is 21.3 Å². The summed E-state index contributed by atoms with van der Waals surface area (Å²) in [7, 11) is 1.70. The van der Waals surface area contributed by atoms with Crippen molar-refractivity contribution < 1.29 is 4.74 Å². The van der Waals surface area contributed by atoms with Crippen LogP contribution in [0.2, 0.25) is 0 Å². The Balaban J connectivity index is 1.95. The Hall–Kier alpha value is -1.88. The minimum absolute atomic E-state index is 0.664. The molecule has 1 aromatic heterocycles. The SMILES string of the molecule is COCCNc1nc(N2CCCC2)nc2ccccc12. The normalized spacial score (nSPS) is 14.9. The van der Waals surface area contributed by atoms with Crippen molar-refractivity contribution in [2.75, 3.05) is 43.6 Å². The highest BCUT2D eigenvalue weighted by Crippen LogP contribution is 2.25. The average Bonchev–Trinajstić information content (AvgIpc) is 3.01. The molecule has 2 aromatic rings. The molecule has 2 heterocycles.